The summed E-state index contributed by atoms with van der Waals surface area (Å²) in [7, 11) is 0. The number of carboxylic acids is 1. The molecule has 0 unspecified atom stereocenters. The van der Waals surface area contributed by atoms with Crippen molar-refractivity contribution >= 4 is 5.97 Å². The van der Waals surface area contributed by atoms with E-state index in [-0.39, 0.29) is 11.8 Å². The van der Waals surface area contributed by atoms with E-state index in [0.29, 0.717) is 13.2 Å². The molecule has 4 heteroatoms. The van der Waals surface area contributed by atoms with Crippen LogP contribution < -0.4 is 4.74 Å². The average molecular weight is 277 g/mol. The highest BCUT2D eigenvalue weighted by atomic mass is 16.5. The molecule has 2 atom stereocenters. The minimum Gasteiger partial charge on any atom is -0.492 e. The van der Waals surface area contributed by atoms with Crippen molar-refractivity contribution in [3.63, 3.8) is 0 Å². The van der Waals surface area contributed by atoms with Gasteiger partial charge in [-0.3, -0.25) is 9.69 Å². The maximum Gasteiger partial charge on any atom is 0.308 e. The van der Waals surface area contributed by atoms with Crippen LogP contribution in [0.3, 0.4) is 0 Å². The standard InChI is InChI=1S/C16H23NO3/c1-11-4-5-12(2)15(8-11)20-7-6-17-9-13(3)14(10-17)16(18)19/h4-5,8,13-14H,6-7,9-10H2,1-3H3,(H,18,19)/t13-,14-/m1/s1. The Morgan fingerprint density at radius 2 is 2.15 bits per heavy atom. The summed E-state index contributed by atoms with van der Waals surface area (Å²) in [4.78, 5) is 13.3. The summed E-state index contributed by atoms with van der Waals surface area (Å²) in [5, 5.41) is 9.11. The van der Waals surface area contributed by atoms with Gasteiger partial charge in [0, 0.05) is 19.6 Å². The smallest absolute Gasteiger partial charge is 0.308 e. The lowest BCUT2D eigenvalue weighted by Crippen LogP contribution is -2.27. The molecule has 20 heavy (non-hydrogen) atoms. The van der Waals surface area contributed by atoms with Crippen LogP contribution in [0, 0.1) is 25.7 Å². The first-order valence-corrected chi connectivity index (χ1v) is 7.12. The third-order valence-electron chi connectivity index (χ3n) is 4.01. The Morgan fingerprint density at radius 1 is 1.40 bits per heavy atom. The van der Waals surface area contributed by atoms with Crippen molar-refractivity contribution in [2.75, 3.05) is 26.2 Å². The third-order valence-corrected chi connectivity index (χ3v) is 4.01. The van der Waals surface area contributed by atoms with Crippen LogP contribution in [0.5, 0.6) is 5.75 Å². The summed E-state index contributed by atoms with van der Waals surface area (Å²) >= 11 is 0. The van der Waals surface area contributed by atoms with Crippen molar-refractivity contribution in [1.82, 2.24) is 4.90 Å². The van der Waals surface area contributed by atoms with Crippen molar-refractivity contribution in [2.45, 2.75) is 20.8 Å². The number of rotatable bonds is 5. The molecule has 1 heterocycles. The third kappa shape index (κ3) is 3.51. The Balaban J connectivity index is 1.82. The molecule has 0 aromatic heterocycles. The fourth-order valence-corrected chi connectivity index (χ4v) is 2.72. The fourth-order valence-electron chi connectivity index (χ4n) is 2.72. The lowest BCUT2D eigenvalue weighted by Gasteiger charge is -2.16. The van der Waals surface area contributed by atoms with Crippen LogP contribution in [0.2, 0.25) is 0 Å². The number of hydrogen-bond acceptors (Lipinski definition) is 3. The molecule has 1 aromatic carbocycles. The van der Waals surface area contributed by atoms with Crippen molar-refractivity contribution in [3.8, 4) is 5.75 Å². The molecule has 0 saturated carbocycles. The fraction of sp³-hybridized carbons (Fsp3) is 0.562. The highest BCUT2D eigenvalue weighted by molar-refractivity contribution is 5.71. The number of carbonyl (C=O) groups is 1. The summed E-state index contributed by atoms with van der Waals surface area (Å²) in [5.41, 5.74) is 2.32. The number of aliphatic carboxylic acids is 1. The van der Waals surface area contributed by atoms with Gasteiger partial charge in [-0.1, -0.05) is 19.1 Å². The molecule has 0 aliphatic carbocycles. The topological polar surface area (TPSA) is 49.8 Å². The molecule has 1 aliphatic rings. The monoisotopic (exact) mass is 277 g/mol. The second-order valence-corrected chi connectivity index (χ2v) is 5.80. The van der Waals surface area contributed by atoms with Gasteiger partial charge >= 0.3 is 5.97 Å². The second kappa shape index (κ2) is 6.27. The zero-order valence-electron chi connectivity index (χ0n) is 12.4. The number of hydrogen-bond donors (Lipinski definition) is 1. The van der Waals surface area contributed by atoms with Crippen LogP contribution in [-0.2, 0) is 4.79 Å². The largest absolute Gasteiger partial charge is 0.492 e. The van der Waals surface area contributed by atoms with E-state index in [1.54, 1.807) is 0 Å². The van der Waals surface area contributed by atoms with Crippen LogP contribution in [0.15, 0.2) is 18.2 Å². The predicted octanol–water partition coefficient (Wildman–Crippen LogP) is 2.33. The first kappa shape index (κ1) is 14.9. The zero-order chi connectivity index (χ0) is 14.7. The Kier molecular flexibility index (Phi) is 4.65. The highest BCUT2D eigenvalue weighted by Gasteiger charge is 2.34. The van der Waals surface area contributed by atoms with Gasteiger partial charge in [-0.25, -0.2) is 0 Å². The molecule has 0 spiro atoms. The van der Waals surface area contributed by atoms with Crippen LogP contribution in [-0.4, -0.2) is 42.2 Å². The van der Waals surface area contributed by atoms with Crippen LogP contribution in [0.25, 0.3) is 0 Å². The summed E-state index contributed by atoms with van der Waals surface area (Å²) in [6.45, 7) is 8.94. The van der Waals surface area contributed by atoms with Crippen molar-refractivity contribution in [1.29, 1.82) is 0 Å². The number of nitrogens with zero attached hydrogens (tertiary/aromatic N) is 1. The molecule has 4 nitrogen and oxygen atoms in total. The molecule has 1 saturated heterocycles. The summed E-state index contributed by atoms with van der Waals surface area (Å²) in [6.07, 6.45) is 0. The van der Waals surface area contributed by atoms with Crippen LogP contribution in [0.4, 0.5) is 0 Å². The van der Waals surface area contributed by atoms with Gasteiger partial charge in [0.15, 0.2) is 0 Å². The molecule has 0 bridgehead atoms. The SMILES string of the molecule is Cc1ccc(C)c(OCCN2C[C@@H](C)[C@H](C(=O)O)C2)c1. The van der Waals surface area contributed by atoms with E-state index in [1.165, 1.54) is 5.56 Å². The molecule has 110 valence electrons. The summed E-state index contributed by atoms with van der Waals surface area (Å²) in [5.74, 6) is 0.214. The zero-order valence-corrected chi connectivity index (χ0v) is 12.4. The number of aryl methyl sites for hydroxylation is 2. The molecule has 0 amide bonds. The highest BCUT2D eigenvalue weighted by Crippen LogP contribution is 2.23. The van der Waals surface area contributed by atoms with E-state index < -0.39 is 5.97 Å². The average Bonchev–Trinajstić information content (AvgIpc) is 2.75. The van der Waals surface area contributed by atoms with Gasteiger partial charge in [0.05, 0.1) is 5.92 Å². The van der Waals surface area contributed by atoms with Gasteiger partial charge in [-0.15, -0.1) is 0 Å². The van der Waals surface area contributed by atoms with E-state index in [4.69, 9.17) is 9.84 Å². The van der Waals surface area contributed by atoms with Gasteiger partial charge in [0.25, 0.3) is 0 Å². The molecule has 1 aliphatic heterocycles. The molecule has 1 N–H and O–H groups in total. The normalized spacial score (nSPS) is 22.9. The number of benzene rings is 1. The van der Waals surface area contributed by atoms with E-state index in [1.807, 2.05) is 26.8 Å². The van der Waals surface area contributed by atoms with Crippen LogP contribution >= 0.6 is 0 Å². The Bertz CT molecular complexity index is 487. The Labute approximate surface area is 120 Å². The van der Waals surface area contributed by atoms with Gasteiger partial charge < -0.3 is 9.84 Å². The van der Waals surface area contributed by atoms with E-state index in [9.17, 15) is 4.79 Å². The lowest BCUT2D eigenvalue weighted by molar-refractivity contribution is -0.142. The first-order chi connectivity index (χ1) is 9.47. The van der Waals surface area contributed by atoms with Crippen LogP contribution in [0.1, 0.15) is 18.1 Å². The van der Waals surface area contributed by atoms with E-state index in [0.717, 1.165) is 24.4 Å². The number of ether oxygens (including phenoxy) is 1. The maximum atomic E-state index is 11.1. The van der Waals surface area contributed by atoms with E-state index in [2.05, 4.69) is 17.0 Å². The lowest BCUT2D eigenvalue weighted by atomic mass is 9.99. The first-order valence-electron chi connectivity index (χ1n) is 7.12. The van der Waals surface area contributed by atoms with Crippen molar-refractivity contribution in [2.24, 2.45) is 11.8 Å². The molecule has 0 radical (unpaired) electrons. The molecule has 1 aromatic rings. The van der Waals surface area contributed by atoms with Gasteiger partial charge in [0.2, 0.25) is 0 Å². The predicted molar refractivity (Wildman–Crippen MR) is 78.1 cm³/mol. The molecular formula is C16H23NO3. The van der Waals surface area contributed by atoms with Gasteiger partial charge in [-0.2, -0.15) is 0 Å². The van der Waals surface area contributed by atoms with Gasteiger partial charge in [-0.05, 0) is 37.0 Å². The summed E-state index contributed by atoms with van der Waals surface area (Å²) < 4.78 is 5.82. The van der Waals surface area contributed by atoms with Crippen molar-refractivity contribution < 1.29 is 14.6 Å². The molecule has 2 rings (SSSR count). The quantitative estimate of drug-likeness (QED) is 0.897. The second-order valence-electron chi connectivity index (χ2n) is 5.80. The summed E-state index contributed by atoms with van der Waals surface area (Å²) in [6, 6.07) is 6.17. The van der Waals surface area contributed by atoms with Gasteiger partial charge in [0.1, 0.15) is 12.4 Å². The number of likely N-dealkylation sites (tertiary alicyclic amines) is 1. The van der Waals surface area contributed by atoms with E-state index >= 15 is 0 Å². The minimum atomic E-state index is -0.685. The molecule has 1 fully saturated rings. The molecular weight excluding hydrogens is 254 g/mol. The Hall–Kier alpha value is -1.55. The number of carboxylic acid groups (broad SMARTS) is 1. The minimum absolute atomic E-state index is 0.216. The van der Waals surface area contributed by atoms with Crippen molar-refractivity contribution in [3.05, 3.63) is 29.3 Å². The Morgan fingerprint density at radius 3 is 2.80 bits per heavy atom. The maximum absolute atomic E-state index is 11.1.